The second-order valence-corrected chi connectivity index (χ2v) is 9.10. The monoisotopic (exact) mass is 455 g/mol. The molecule has 2 fully saturated rings. The number of rotatable bonds is 5. The second kappa shape index (κ2) is 8.01. The first kappa shape index (κ1) is 20.1. The zero-order chi connectivity index (χ0) is 21.4. The predicted molar refractivity (Wildman–Crippen MR) is 115 cm³/mol. The highest BCUT2D eigenvalue weighted by Gasteiger charge is 2.57. The molecule has 0 unspecified atom stereocenters. The molecule has 9 heteroatoms. The summed E-state index contributed by atoms with van der Waals surface area (Å²) in [4.78, 5) is 31.0. The molecule has 3 aromatic rings. The standard InChI is InChI=1S/C22H18ClN3O4S/c23-16-8-6-14(7-9-16)20-24-18(30-25-20)12-29-21(28)17-13-31-22(11-10-19(27)26(17)22)15-4-2-1-3-5-15/h1-9,17H,10-13H2/t17-,22+/m0/s1. The summed E-state index contributed by atoms with van der Waals surface area (Å²) in [6.07, 6.45) is 1.10. The van der Waals surface area contributed by atoms with Crippen molar-refractivity contribution in [1.82, 2.24) is 15.0 Å². The van der Waals surface area contributed by atoms with Crippen molar-refractivity contribution in [3.63, 3.8) is 0 Å². The van der Waals surface area contributed by atoms with E-state index in [0.717, 1.165) is 11.1 Å². The van der Waals surface area contributed by atoms with E-state index in [0.29, 0.717) is 29.4 Å². The molecule has 0 saturated carbocycles. The zero-order valence-corrected chi connectivity index (χ0v) is 17.9. The molecule has 31 heavy (non-hydrogen) atoms. The molecule has 5 rings (SSSR count). The third-order valence-corrected chi connectivity index (χ3v) is 7.38. The summed E-state index contributed by atoms with van der Waals surface area (Å²) in [5.74, 6) is 0.563. The van der Waals surface area contributed by atoms with E-state index in [4.69, 9.17) is 20.9 Å². The van der Waals surface area contributed by atoms with Gasteiger partial charge in [0.2, 0.25) is 11.7 Å². The number of hydrogen-bond donors (Lipinski definition) is 0. The Morgan fingerprint density at radius 3 is 2.77 bits per heavy atom. The molecule has 2 aromatic carbocycles. The molecule has 1 amide bonds. The summed E-state index contributed by atoms with van der Waals surface area (Å²) in [5, 5.41) is 4.53. The van der Waals surface area contributed by atoms with Gasteiger partial charge in [0.25, 0.3) is 5.89 Å². The van der Waals surface area contributed by atoms with Crippen LogP contribution in [0.1, 0.15) is 24.3 Å². The Kier molecular flexibility index (Phi) is 5.19. The van der Waals surface area contributed by atoms with Gasteiger partial charge in [0.05, 0.1) is 0 Å². The van der Waals surface area contributed by atoms with E-state index < -0.39 is 16.9 Å². The zero-order valence-electron chi connectivity index (χ0n) is 16.4. The van der Waals surface area contributed by atoms with E-state index >= 15 is 0 Å². The number of halogens is 1. The number of aromatic nitrogens is 2. The fourth-order valence-electron chi connectivity index (χ4n) is 4.07. The number of esters is 1. The maximum absolute atomic E-state index is 12.9. The van der Waals surface area contributed by atoms with Crippen LogP contribution < -0.4 is 0 Å². The van der Waals surface area contributed by atoms with Crippen LogP contribution in [-0.2, 0) is 25.8 Å². The Morgan fingerprint density at radius 1 is 1.23 bits per heavy atom. The lowest BCUT2D eigenvalue weighted by Crippen LogP contribution is -2.46. The number of amides is 1. The van der Waals surface area contributed by atoms with Gasteiger partial charge in [0.1, 0.15) is 10.9 Å². The number of benzene rings is 2. The third-order valence-electron chi connectivity index (χ3n) is 5.53. The van der Waals surface area contributed by atoms with Crippen LogP contribution in [-0.4, -0.2) is 38.7 Å². The molecule has 2 aliphatic rings. The van der Waals surface area contributed by atoms with Crippen molar-refractivity contribution in [2.45, 2.75) is 30.4 Å². The van der Waals surface area contributed by atoms with E-state index in [-0.39, 0.29) is 18.4 Å². The molecule has 3 heterocycles. The van der Waals surface area contributed by atoms with Crippen LogP contribution in [0.25, 0.3) is 11.4 Å². The molecule has 2 saturated heterocycles. The van der Waals surface area contributed by atoms with Crippen LogP contribution in [0, 0.1) is 0 Å². The summed E-state index contributed by atoms with van der Waals surface area (Å²) in [7, 11) is 0. The van der Waals surface area contributed by atoms with Crippen LogP contribution in [0.3, 0.4) is 0 Å². The Bertz CT molecular complexity index is 1120. The molecule has 158 valence electrons. The van der Waals surface area contributed by atoms with E-state index in [2.05, 4.69) is 10.1 Å². The predicted octanol–water partition coefficient (Wildman–Crippen LogP) is 4.02. The van der Waals surface area contributed by atoms with Gasteiger partial charge in [-0.05, 0) is 36.2 Å². The van der Waals surface area contributed by atoms with Crippen molar-refractivity contribution < 1.29 is 18.8 Å². The molecule has 0 bridgehead atoms. The van der Waals surface area contributed by atoms with Crippen LogP contribution in [0.15, 0.2) is 59.1 Å². The summed E-state index contributed by atoms with van der Waals surface area (Å²) in [6.45, 7) is -0.152. The van der Waals surface area contributed by atoms with Gasteiger partial charge in [-0.25, -0.2) is 4.79 Å². The first-order chi connectivity index (χ1) is 15.1. The van der Waals surface area contributed by atoms with Gasteiger partial charge in [-0.1, -0.05) is 47.1 Å². The Hall–Kier alpha value is -2.84. The highest BCUT2D eigenvalue weighted by Crippen LogP contribution is 2.54. The average Bonchev–Trinajstić information content (AvgIpc) is 3.50. The number of hydrogen-bond acceptors (Lipinski definition) is 7. The molecule has 0 N–H and O–H groups in total. The van der Waals surface area contributed by atoms with E-state index in [1.165, 1.54) is 0 Å². The fourth-order valence-corrected chi connectivity index (χ4v) is 5.84. The van der Waals surface area contributed by atoms with Crippen molar-refractivity contribution in [3.8, 4) is 11.4 Å². The molecular weight excluding hydrogens is 438 g/mol. The maximum Gasteiger partial charge on any atom is 0.330 e. The molecule has 1 aromatic heterocycles. The van der Waals surface area contributed by atoms with Gasteiger partial charge in [-0.15, -0.1) is 11.8 Å². The summed E-state index contributed by atoms with van der Waals surface area (Å²) >= 11 is 7.52. The van der Waals surface area contributed by atoms with Crippen LogP contribution in [0.5, 0.6) is 0 Å². The lowest BCUT2D eigenvalue weighted by Gasteiger charge is -2.33. The van der Waals surface area contributed by atoms with Crippen molar-refractivity contribution in [2.24, 2.45) is 0 Å². The number of carbonyl (C=O) groups is 2. The quantitative estimate of drug-likeness (QED) is 0.537. The van der Waals surface area contributed by atoms with Crippen molar-refractivity contribution in [3.05, 3.63) is 71.1 Å². The van der Waals surface area contributed by atoms with Crippen LogP contribution in [0.2, 0.25) is 5.02 Å². The van der Waals surface area contributed by atoms with Crippen molar-refractivity contribution in [2.75, 3.05) is 5.75 Å². The minimum absolute atomic E-state index is 0.0291. The molecule has 0 spiro atoms. The molecular formula is C22H18ClN3O4S. The fraction of sp³-hybridized carbons (Fsp3) is 0.273. The van der Waals surface area contributed by atoms with Gasteiger partial charge < -0.3 is 14.2 Å². The minimum Gasteiger partial charge on any atom is -0.454 e. The number of carbonyl (C=O) groups excluding carboxylic acids is 2. The van der Waals surface area contributed by atoms with E-state index in [1.807, 2.05) is 30.3 Å². The highest BCUT2D eigenvalue weighted by atomic mass is 35.5. The lowest BCUT2D eigenvalue weighted by molar-refractivity contribution is -0.155. The highest BCUT2D eigenvalue weighted by molar-refractivity contribution is 8.00. The van der Waals surface area contributed by atoms with Gasteiger partial charge in [0.15, 0.2) is 6.61 Å². The Balaban J connectivity index is 1.28. The maximum atomic E-state index is 12.9. The Morgan fingerprint density at radius 2 is 2.00 bits per heavy atom. The van der Waals surface area contributed by atoms with Gasteiger partial charge in [-0.2, -0.15) is 4.98 Å². The van der Waals surface area contributed by atoms with Crippen molar-refractivity contribution in [1.29, 1.82) is 0 Å². The van der Waals surface area contributed by atoms with E-state index in [1.54, 1.807) is 40.9 Å². The molecule has 0 aliphatic carbocycles. The van der Waals surface area contributed by atoms with Gasteiger partial charge in [0, 0.05) is 22.8 Å². The largest absolute Gasteiger partial charge is 0.454 e. The van der Waals surface area contributed by atoms with E-state index in [9.17, 15) is 9.59 Å². The van der Waals surface area contributed by atoms with Crippen LogP contribution >= 0.6 is 23.4 Å². The SMILES string of the molecule is O=C(OCc1nc(-c2ccc(Cl)cc2)no1)[C@@H]1CS[C@@]2(c3ccccc3)CCC(=O)N12. The first-order valence-corrected chi connectivity index (χ1v) is 11.2. The first-order valence-electron chi connectivity index (χ1n) is 9.84. The molecule has 0 radical (unpaired) electrons. The number of ether oxygens (including phenoxy) is 1. The summed E-state index contributed by atoms with van der Waals surface area (Å²) in [5.41, 5.74) is 1.78. The molecule has 2 aliphatic heterocycles. The van der Waals surface area contributed by atoms with Gasteiger partial charge >= 0.3 is 5.97 Å². The smallest absolute Gasteiger partial charge is 0.330 e. The topological polar surface area (TPSA) is 85.5 Å². The van der Waals surface area contributed by atoms with Crippen LogP contribution in [0.4, 0.5) is 0 Å². The average molecular weight is 456 g/mol. The minimum atomic E-state index is -0.640. The summed E-state index contributed by atoms with van der Waals surface area (Å²) < 4.78 is 10.7. The number of nitrogens with zero attached hydrogens (tertiary/aromatic N) is 3. The lowest BCUT2D eigenvalue weighted by atomic mass is 10.0. The number of fused-ring (bicyclic) bond motifs is 1. The third kappa shape index (κ3) is 3.59. The Labute approximate surface area is 187 Å². The van der Waals surface area contributed by atoms with Crippen molar-refractivity contribution >= 4 is 35.2 Å². The normalized spacial score (nSPS) is 22.5. The second-order valence-electron chi connectivity index (χ2n) is 7.37. The molecule has 2 atom stereocenters. The number of thioether (sulfide) groups is 1. The molecule has 7 nitrogen and oxygen atoms in total. The van der Waals surface area contributed by atoms with Gasteiger partial charge in [-0.3, -0.25) is 4.79 Å². The summed E-state index contributed by atoms with van der Waals surface area (Å²) in [6, 6.07) is 16.2.